The molecule has 0 spiro atoms. The molecular formula is C19H25NO2S. The Labute approximate surface area is 142 Å². The van der Waals surface area contributed by atoms with Crippen LogP contribution in [-0.4, -0.2) is 12.5 Å². The molecule has 2 aromatic rings. The highest BCUT2D eigenvalue weighted by Gasteiger charge is 2.19. The number of amides is 1. The van der Waals surface area contributed by atoms with Crippen LogP contribution >= 0.6 is 11.3 Å². The molecule has 3 nitrogen and oxygen atoms in total. The fourth-order valence-corrected chi connectivity index (χ4v) is 3.51. The summed E-state index contributed by atoms with van der Waals surface area (Å²) in [6, 6.07) is 10.3. The maximum Gasteiger partial charge on any atom is 0.223 e. The van der Waals surface area contributed by atoms with Crippen LogP contribution in [0.25, 0.3) is 0 Å². The normalized spacial score (nSPS) is 12.2. The Morgan fingerprint density at radius 3 is 2.48 bits per heavy atom. The van der Waals surface area contributed by atoms with Crippen molar-refractivity contribution < 1.29 is 9.53 Å². The van der Waals surface area contributed by atoms with Gasteiger partial charge in [-0.15, -0.1) is 11.3 Å². The van der Waals surface area contributed by atoms with Crippen molar-refractivity contribution in [2.24, 2.45) is 5.92 Å². The van der Waals surface area contributed by atoms with Crippen molar-refractivity contribution in [3.63, 3.8) is 0 Å². The Balaban J connectivity index is 1.84. The molecule has 0 aliphatic heterocycles. The predicted molar refractivity (Wildman–Crippen MR) is 96.1 cm³/mol. The number of hydrogen-bond donors (Lipinski definition) is 1. The number of carbonyl (C=O) groups excluding carboxylic acids is 1. The van der Waals surface area contributed by atoms with Crippen molar-refractivity contribution in [3.8, 4) is 5.75 Å². The molecule has 1 heterocycles. The largest absolute Gasteiger partial charge is 0.493 e. The Kier molecular flexibility index (Phi) is 6.22. The number of aryl methyl sites for hydroxylation is 2. The van der Waals surface area contributed by atoms with E-state index in [2.05, 4.69) is 31.3 Å². The van der Waals surface area contributed by atoms with Crippen molar-refractivity contribution >= 4 is 17.2 Å². The Morgan fingerprint density at radius 2 is 1.91 bits per heavy atom. The molecule has 23 heavy (non-hydrogen) atoms. The summed E-state index contributed by atoms with van der Waals surface area (Å²) in [5.74, 6) is 1.22. The maximum atomic E-state index is 12.2. The Bertz CT molecular complexity index is 615. The Hall–Kier alpha value is -1.81. The van der Waals surface area contributed by atoms with Gasteiger partial charge in [0.15, 0.2) is 0 Å². The van der Waals surface area contributed by atoms with Gasteiger partial charge in [-0.25, -0.2) is 0 Å². The second kappa shape index (κ2) is 8.16. The highest BCUT2D eigenvalue weighted by molar-refractivity contribution is 7.10. The lowest BCUT2D eigenvalue weighted by molar-refractivity contribution is -0.122. The highest BCUT2D eigenvalue weighted by atomic mass is 32.1. The molecule has 1 N–H and O–H groups in total. The molecule has 0 saturated carbocycles. The van der Waals surface area contributed by atoms with Gasteiger partial charge in [0.05, 0.1) is 19.1 Å². The molecule has 1 aromatic carbocycles. The Morgan fingerprint density at radius 1 is 1.22 bits per heavy atom. The highest BCUT2D eigenvalue weighted by Crippen LogP contribution is 2.25. The van der Waals surface area contributed by atoms with E-state index in [1.807, 2.05) is 37.4 Å². The van der Waals surface area contributed by atoms with Gasteiger partial charge in [-0.1, -0.05) is 26.0 Å². The lowest BCUT2D eigenvalue weighted by Gasteiger charge is -2.21. The first kappa shape index (κ1) is 17.5. The van der Waals surface area contributed by atoms with Gasteiger partial charge in [0.1, 0.15) is 5.75 Å². The van der Waals surface area contributed by atoms with Crippen LogP contribution < -0.4 is 10.1 Å². The SMILES string of the molecule is Cc1cc(C)cc(OCCC(=O)N[C@H](c2cccs2)C(C)C)c1. The van der Waals surface area contributed by atoms with Gasteiger partial charge >= 0.3 is 0 Å². The second-order valence-corrected chi connectivity index (χ2v) is 7.21. The molecule has 0 unspecified atom stereocenters. The van der Waals surface area contributed by atoms with E-state index >= 15 is 0 Å². The molecule has 0 aliphatic carbocycles. The summed E-state index contributed by atoms with van der Waals surface area (Å²) in [5.41, 5.74) is 2.34. The molecule has 4 heteroatoms. The van der Waals surface area contributed by atoms with Crippen LogP contribution in [0, 0.1) is 19.8 Å². The minimum Gasteiger partial charge on any atom is -0.493 e. The van der Waals surface area contributed by atoms with E-state index in [4.69, 9.17) is 4.74 Å². The lowest BCUT2D eigenvalue weighted by Crippen LogP contribution is -2.32. The van der Waals surface area contributed by atoms with Crippen LogP contribution in [0.4, 0.5) is 0 Å². The van der Waals surface area contributed by atoms with E-state index in [1.165, 1.54) is 16.0 Å². The van der Waals surface area contributed by atoms with Crippen LogP contribution in [0.5, 0.6) is 5.75 Å². The predicted octanol–water partition coefficient (Wildman–Crippen LogP) is 4.65. The van der Waals surface area contributed by atoms with Crippen LogP contribution in [0.1, 0.15) is 42.3 Å². The fraction of sp³-hybridized carbons (Fsp3) is 0.421. The van der Waals surface area contributed by atoms with Gasteiger partial charge in [-0.05, 0) is 54.5 Å². The quantitative estimate of drug-likeness (QED) is 0.802. The molecule has 1 aromatic heterocycles. The first-order valence-electron chi connectivity index (χ1n) is 7.99. The van der Waals surface area contributed by atoms with Gasteiger partial charge in [0, 0.05) is 4.88 Å². The number of hydrogen-bond acceptors (Lipinski definition) is 3. The molecule has 0 fully saturated rings. The summed E-state index contributed by atoms with van der Waals surface area (Å²) in [6.07, 6.45) is 0.363. The monoisotopic (exact) mass is 331 g/mol. The standard InChI is InChI=1S/C19H25NO2S/c1-13(2)19(17-6-5-9-23-17)20-18(21)7-8-22-16-11-14(3)10-15(4)12-16/h5-6,9-13,19H,7-8H2,1-4H3,(H,20,21)/t19-/m0/s1. The minimum absolute atomic E-state index is 0.0291. The van der Waals surface area contributed by atoms with Gasteiger partial charge < -0.3 is 10.1 Å². The number of ether oxygens (including phenoxy) is 1. The molecule has 0 radical (unpaired) electrons. The van der Waals surface area contributed by atoms with E-state index in [0.717, 1.165) is 5.75 Å². The number of carbonyl (C=O) groups is 1. The van der Waals surface area contributed by atoms with E-state index in [-0.39, 0.29) is 11.9 Å². The summed E-state index contributed by atoms with van der Waals surface area (Å²) in [6.45, 7) is 8.72. The van der Waals surface area contributed by atoms with Crippen molar-refractivity contribution in [2.45, 2.75) is 40.2 Å². The molecule has 1 atom stereocenters. The van der Waals surface area contributed by atoms with Gasteiger partial charge in [0.25, 0.3) is 0 Å². The average Bonchev–Trinajstić information content (AvgIpc) is 2.97. The molecule has 2 rings (SSSR count). The minimum atomic E-state index is 0.0291. The van der Waals surface area contributed by atoms with E-state index < -0.39 is 0 Å². The topological polar surface area (TPSA) is 38.3 Å². The smallest absolute Gasteiger partial charge is 0.223 e. The van der Waals surface area contributed by atoms with E-state index in [1.54, 1.807) is 11.3 Å². The summed E-state index contributed by atoms with van der Waals surface area (Å²) < 4.78 is 5.71. The maximum absolute atomic E-state index is 12.2. The third-order valence-electron chi connectivity index (χ3n) is 3.63. The van der Waals surface area contributed by atoms with Gasteiger partial charge in [-0.3, -0.25) is 4.79 Å². The molecule has 0 saturated heterocycles. The zero-order valence-corrected chi connectivity index (χ0v) is 15.1. The van der Waals surface area contributed by atoms with Crippen molar-refractivity contribution in [3.05, 3.63) is 51.7 Å². The number of thiophene rings is 1. The van der Waals surface area contributed by atoms with E-state index in [0.29, 0.717) is 18.9 Å². The first-order chi connectivity index (χ1) is 11.0. The summed E-state index contributed by atoms with van der Waals surface area (Å²) in [7, 11) is 0. The van der Waals surface area contributed by atoms with Crippen LogP contribution in [0.15, 0.2) is 35.7 Å². The molecule has 0 aliphatic rings. The van der Waals surface area contributed by atoms with Crippen LogP contribution in [-0.2, 0) is 4.79 Å². The summed E-state index contributed by atoms with van der Waals surface area (Å²) in [4.78, 5) is 13.4. The number of nitrogens with one attached hydrogen (secondary N) is 1. The van der Waals surface area contributed by atoms with Crippen LogP contribution in [0.2, 0.25) is 0 Å². The van der Waals surface area contributed by atoms with Crippen molar-refractivity contribution in [1.29, 1.82) is 0 Å². The van der Waals surface area contributed by atoms with Crippen molar-refractivity contribution in [1.82, 2.24) is 5.32 Å². The molecular weight excluding hydrogens is 306 g/mol. The molecule has 0 bridgehead atoms. The summed E-state index contributed by atoms with van der Waals surface area (Å²) in [5, 5.41) is 5.16. The summed E-state index contributed by atoms with van der Waals surface area (Å²) >= 11 is 1.68. The van der Waals surface area contributed by atoms with Crippen LogP contribution in [0.3, 0.4) is 0 Å². The van der Waals surface area contributed by atoms with Crippen molar-refractivity contribution in [2.75, 3.05) is 6.61 Å². The zero-order valence-electron chi connectivity index (χ0n) is 14.3. The van der Waals surface area contributed by atoms with E-state index in [9.17, 15) is 4.79 Å². The van der Waals surface area contributed by atoms with Gasteiger partial charge in [-0.2, -0.15) is 0 Å². The molecule has 124 valence electrons. The lowest BCUT2D eigenvalue weighted by atomic mass is 10.0. The average molecular weight is 331 g/mol. The number of rotatable bonds is 7. The second-order valence-electron chi connectivity index (χ2n) is 6.23. The molecule has 1 amide bonds. The zero-order chi connectivity index (χ0) is 16.8. The number of benzene rings is 1. The fourth-order valence-electron chi connectivity index (χ4n) is 2.56. The van der Waals surface area contributed by atoms with Gasteiger partial charge in [0.2, 0.25) is 5.91 Å². The third kappa shape index (κ3) is 5.39. The first-order valence-corrected chi connectivity index (χ1v) is 8.87. The third-order valence-corrected chi connectivity index (χ3v) is 4.58.